The Morgan fingerprint density at radius 3 is 2.73 bits per heavy atom. The molecule has 0 unspecified atom stereocenters. The highest BCUT2D eigenvalue weighted by atomic mass is 32.2. The first-order chi connectivity index (χ1) is 14.5. The van der Waals surface area contributed by atoms with Crippen molar-refractivity contribution in [2.45, 2.75) is 17.7 Å². The van der Waals surface area contributed by atoms with Crippen LogP contribution in [0.1, 0.15) is 15.9 Å². The van der Waals surface area contributed by atoms with E-state index in [1.54, 1.807) is 18.2 Å². The number of ether oxygens (including phenoxy) is 2. The van der Waals surface area contributed by atoms with Crippen LogP contribution in [0, 0.1) is 0 Å². The second kappa shape index (κ2) is 7.63. The van der Waals surface area contributed by atoms with E-state index in [1.165, 1.54) is 11.8 Å². The van der Waals surface area contributed by atoms with E-state index in [4.69, 9.17) is 9.47 Å². The Labute approximate surface area is 179 Å². The molecule has 0 aliphatic carbocycles. The van der Waals surface area contributed by atoms with Crippen molar-refractivity contribution < 1.29 is 22.7 Å². The van der Waals surface area contributed by atoms with Gasteiger partial charge in [-0.25, -0.2) is 8.42 Å². The Morgan fingerprint density at radius 1 is 1.10 bits per heavy atom. The third-order valence-electron chi connectivity index (χ3n) is 5.48. The molecule has 2 aromatic carbocycles. The standard InChI is InChI=1S/C21H20N2O5S2/c24-20(15-6-7-17-18(10-15)28-13-27-17)22-21-23(9-8-14-4-2-1-3-5-14)16-11-30(25,26)12-19(16)29-21/h1-7,10,16,19H,8-9,11-13H2/t16-,19+/m0/s1. The molecular weight excluding hydrogens is 424 g/mol. The number of hydrogen-bond donors (Lipinski definition) is 0. The molecule has 30 heavy (non-hydrogen) atoms. The Bertz CT molecular complexity index is 1120. The summed E-state index contributed by atoms with van der Waals surface area (Å²) in [4.78, 5) is 19.2. The maximum atomic E-state index is 12.8. The molecule has 3 heterocycles. The summed E-state index contributed by atoms with van der Waals surface area (Å²) < 4.78 is 34.9. The molecule has 156 valence electrons. The molecule has 7 nitrogen and oxygen atoms in total. The predicted octanol–water partition coefficient (Wildman–Crippen LogP) is 2.37. The monoisotopic (exact) mass is 444 g/mol. The number of rotatable bonds is 4. The van der Waals surface area contributed by atoms with Crippen molar-refractivity contribution in [3.8, 4) is 11.5 Å². The van der Waals surface area contributed by atoms with Gasteiger partial charge < -0.3 is 14.4 Å². The number of sulfone groups is 1. The van der Waals surface area contributed by atoms with E-state index in [0.717, 1.165) is 12.0 Å². The summed E-state index contributed by atoms with van der Waals surface area (Å²) in [5, 5.41) is 0.507. The van der Waals surface area contributed by atoms with Gasteiger partial charge in [0, 0.05) is 17.4 Å². The van der Waals surface area contributed by atoms with Crippen LogP contribution in [0.15, 0.2) is 53.5 Å². The minimum Gasteiger partial charge on any atom is -0.454 e. The quantitative estimate of drug-likeness (QED) is 0.716. The van der Waals surface area contributed by atoms with Gasteiger partial charge in [-0.2, -0.15) is 4.99 Å². The number of amidine groups is 1. The number of fused-ring (bicyclic) bond motifs is 2. The molecule has 2 saturated heterocycles. The molecule has 1 amide bonds. The second-order valence-corrected chi connectivity index (χ2v) is 10.9. The van der Waals surface area contributed by atoms with Crippen molar-refractivity contribution in [2.75, 3.05) is 24.8 Å². The molecule has 0 radical (unpaired) electrons. The van der Waals surface area contributed by atoms with Crippen molar-refractivity contribution in [3.63, 3.8) is 0 Å². The second-order valence-electron chi connectivity index (χ2n) is 7.50. The topological polar surface area (TPSA) is 85.3 Å². The normalized spacial score (nSPS) is 24.9. The molecule has 0 spiro atoms. The lowest BCUT2D eigenvalue weighted by atomic mass is 10.1. The summed E-state index contributed by atoms with van der Waals surface area (Å²) in [7, 11) is -3.07. The molecule has 2 aromatic rings. The van der Waals surface area contributed by atoms with Crippen molar-refractivity contribution in [3.05, 3.63) is 59.7 Å². The van der Waals surface area contributed by atoms with Crippen LogP contribution in [0.4, 0.5) is 0 Å². The lowest BCUT2D eigenvalue weighted by Gasteiger charge is -2.24. The zero-order valence-electron chi connectivity index (χ0n) is 16.1. The fourth-order valence-corrected chi connectivity index (χ4v) is 7.95. The first kappa shape index (κ1) is 19.4. The lowest BCUT2D eigenvalue weighted by molar-refractivity contribution is 0.100. The number of nitrogens with zero attached hydrogens (tertiary/aromatic N) is 2. The zero-order valence-corrected chi connectivity index (χ0v) is 17.7. The molecule has 0 bridgehead atoms. The van der Waals surface area contributed by atoms with Crippen molar-refractivity contribution >= 4 is 32.7 Å². The fourth-order valence-electron chi connectivity index (χ4n) is 3.97. The van der Waals surface area contributed by atoms with Gasteiger partial charge in [-0.15, -0.1) is 0 Å². The van der Waals surface area contributed by atoms with Gasteiger partial charge in [0.05, 0.1) is 17.5 Å². The van der Waals surface area contributed by atoms with Gasteiger partial charge in [0.25, 0.3) is 5.91 Å². The molecule has 0 N–H and O–H groups in total. The largest absolute Gasteiger partial charge is 0.454 e. The third kappa shape index (κ3) is 3.79. The van der Waals surface area contributed by atoms with Crippen LogP contribution in [-0.4, -0.2) is 60.5 Å². The van der Waals surface area contributed by atoms with Gasteiger partial charge in [0.2, 0.25) is 6.79 Å². The highest BCUT2D eigenvalue weighted by molar-refractivity contribution is 8.15. The molecule has 0 aromatic heterocycles. The maximum Gasteiger partial charge on any atom is 0.279 e. The molecule has 2 atom stereocenters. The minimum absolute atomic E-state index is 0.0888. The number of aliphatic imine (C=N–C) groups is 1. The molecule has 5 rings (SSSR count). The van der Waals surface area contributed by atoms with Crippen LogP contribution in [0.5, 0.6) is 11.5 Å². The zero-order chi connectivity index (χ0) is 20.7. The lowest BCUT2D eigenvalue weighted by Crippen LogP contribution is -2.39. The van der Waals surface area contributed by atoms with Gasteiger partial charge in [0.15, 0.2) is 26.5 Å². The van der Waals surface area contributed by atoms with Gasteiger partial charge >= 0.3 is 0 Å². The van der Waals surface area contributed by atoms with Gasteiger partial charge in [0.1, 0.15) is 0 Å². The summed E-state index contributed by atoms with van der Waals surface area (Å²) in [5.74, 6) is 1.00. The first-order valence-corrected chi connectivity index (χ1v) is 12.4. The summed E-state index contributed by atoms with van der Waals surface area (Å²) in [6, 6.07) is 14.9. The maximum absolute atomic E-state index is 12.8. The van der Waals surface area contributed by atoms with Crippen molar-refractivity contribution in [2.24, 2.45) is 4.99 Å². The molecule has 2 fully saturated rings. The first-order valence-electron chi connectivity index (χ1n) is 9.69. The van der Waals surface area contributed by atoms with Crippen molar-refractivity contribution in [1.29, 1.82) is 0 Å². The third-order valence-corrected chi connectivity index (χ3v) is 8.72. The van der Waals surface area contributed by atoms with Crippen LogP contribution in [-0.2, 0) is 16.3 Å². The van der Waals surface area contributed by atoms with Crippen LogP contribution < -0.4 is 9.47 Å². The number of carbonyl (C=O) groups is 1. The van der Waals surface area contributed by atoms with Crippen molar-refractivity contribution in [1.82, 2.24) is 4.90 Å². The summed E-state index contributed by atoms with van der Waals surface area (Å²) in [5.41, 5.74) is 1.58. The number of carbonyl (C=O) groups excluding carboxylic acids is 1. The van der Waals surface area contributed by atoms with Gasteiger partial charge in [-0.3, -0.25) is 4.79 Å². The van der Waals surface area contributed by atoms with Crippen LogP contribution >= 0.6 is 11.8 Å². The highest BCUT2D eigenvalue weighted by Crippen LogP contribution is 2.38. The van der Waals surface area contributed by atoms with E-state index in [9.17, 15) is 13.2 Å². The number of thioether (sulfide) groups is 1. The molecule has 3 aliphatic rings. The number of hydrogen-bond acceptors (Lipinski definition) is 6. The summed E-state index contributed by atoms with van der Waals surface area (Å²) in [6.45, 7) is 0.753. The Hall–Kier alpha value is -2.52. The highest BCUT2D eigenvalue weighted by Gasteiger charge is 2.48. The fraction of sp³-hybridized carbons (Fsp3) is 0.333. The summed E-state index contributed by atoms with van der Waals surface area (Å²) in [6.07, 6.45) is 0.752. The smallest absolute Gasteiger partial charge is 0.279 e. The average molecular weight is 445 g/mol. The molecule has 0 saturated carbocycles. The van der Waals surface area contributed by atoms with E-state index >= 15 is 0 Å². The Morgan fingerprint density at radius 2 is 1.90 bits per heavy atom. The number of benzene rings is 2. The SMILES string of the molecule is O=C(N=C1S[C@@H]2CS(=O)(=O)C[C@@H]2N1CCc1ccccc1)c1ccc2c(c1)OCO2. The van der Waals surface area contributed by atoms with E-state index in [0.29, 0.717) is 28.8 Å². The van der Waals surface area contributed by atoms with E-state index in [2.05, 4.69) is 4.99 Å². The Balaban J connectivity index is 1.39. The van der Waals surface area contributed by atoms with E-state index in [1.807, 2.05) is 35.2 Å². The van der Waals surface area contributed by atoms with Crippen LogP contribution in [0.3, 0.4) is 0 Å². The molecular formula is C21H20N2O5S2. The van der Waals surface area contributed by atoms with Gasteiger partial charge in [-0.05, 0) is 30.2 Å². The number of amides is 1. The molecule has 9 heteroatoms. The predicted molar refractivity (Wildman–Crippen MR) is 115 cm³/mol. The van der Waals surface area contributed by atoms with Gasteiger partial charge in [-0.1, -0.05) is 42.1 Å². The van der Waals surface area contributed by atoms with E-state index in [-0.39, 0.29) is 35.5 Å². The van der Waals surface area contributed by atoms with Crippen LogP contribution in [0.2, 0.25) is 0 Å². The molecule has 3 aliphatic heterocycles. The Kier molecular flexibility index (Phi) is 4.94. The average Bonchev–Trinajstić information content (AvgIpc) is 3.39. The minimum atomic E-state index is -3.07. The summed E-state index contributed by atoms with van der Waals surface area (Å²) >= 11 is 1.40. The van der Waals surface area contributed by atoms with Crippen LogP contribution in [0.25, 0.3) is 0 Å². The van der Waals surface area contributed by atoms with E-state index < -0.39 is 9.84 Å².